The van der Waals surface area contributed by atoms with Crippen LogP contribution < -0.4 is 10.6 Å². The Labute approximate surface area is 195 Å². The van der Waals surface area contributed by atoms with Crippen LogP contribution in [0.25, 0.3) is 0 Å². The molecule has 0 bridgehead atoms. The maximum atomic E-state index is 12.4. The molecule has 0 aliphatic carbocycles. The van der Waals surface area contributed by atoms with Crippen LogP contribution in [0.1, 0.15) is 26.5 Å². The van der Waals surface area contributed by atoms with Crippen molar-refractivity contribution in [2.45, 2.75) is 18.2 Å². The van der Waals surface area contributed by atoms with Crippen molar-refractivity contribution in [3.05, 3.63) is 84.2 Å². The Morgan fingerprint density at radius 2 is 1.85 bits per heavy atom. The number of nitrogens with zero attached hydrogens (tertiary/aromatic N) is 3. The number of methoxy groups -OCH3 is 1. The van der Waals surface area contributed by atoms with Gasteiger partial charge < -0.3 is 19.9 Å². The summed E-state index contributed by atoms with van der Waals surface area (Å²) >= 11 is 1.21. The number of ether oxygens (including phenoxy) is 1. The molecule has 1 aromatic heterocycles. The average Bonchev–Trinajstić information content (AvgIpc) is 3.23. The van der Waals surface area contributed by atoms with E-state index in [1.165, 1.54) is 18.9 Å². The van der Waals surface area contributed by atoms with Gasteiger partial charge in [0.25, 0.3) is 5.91 Å². The number of amides is 2. The minimum atomic E-state index is -0.482. The van der Waals surface area contributed by atoms with Gasteiger partial charge in [0.1, 0.15) is 0 Å². The van der Waals surface area contributed by atoms with Gasteiger partial charge in [0.15, 0.2) is 11.0 Å². The number of nitrogens with one attached hydrogen (secondary N) is 2. The molecule has 9 nitrogen and oxygen atoms in total. The maximum absolute atomic E-state index is 12.4. The number of hydrogen-bond acceptors (Lipinski definition) is 7. The van der Waals surface area contributed by atoms with Crippen molar-refractivity contribution in [3.63, 3.8) is 0 Å². The first-order valence-electron chi connectivity index (χ1n) is 9.99. The molecule has 0 spiro atoms. The standard InChI is InChI=1S/C23H23N5O4S/c1-3-12-28-19(14-24-21(30)16-8-5-4-6-9-16)26-27-23(28)33-15-20(29)25-18-11-7-10-17(13-18)22(31)32-2/h3-11,13H,1,12,14-15H2,2H3,(H,24,30)(H,25,29). The molecule has 170 valence electrons. The minimum Gasteiger partial charge on any atom is -0.465 e. The van der Waals surface area contributed by atoms with Crippen molar-refractivity contribution >= 4 is 35.2 Å². The molecule has 0 fully saturated rings. The largest absolute Gasteiger partial charge is 0.465 e. The quantitative estimate of drug-likeness (QED) is 0.269. The van der Waals surface area contributed by atoms with Gasteiger partial charge in [0.2, 0.25) is 5.91 Å². The van der Waals surface area contributed by atoms with Crippen LogP contribution in [0, 0.1) is 0 Å². The summed E-state index contributed by atoms with van der Waals surface area (Å²) in [6.07, 6.45) is 1.69. The zero-order valence-electron chi connectivity index (χ0n) is 18.0. The molecule has 3 rings (SSSR count). The summed E-state index contributed by atoms with van der Waals surface area (Å²) in [6.45, 7) is 4.36. The molecular weight excluding hydrogens is 442 g/mol. The Balaban J connectivity index is 1.60. The van der Waals surface area contributed by atoms with Crippen LogP contribution in [-0.4, -0.2) is 45.4 Å². The molecule has 2 amide bonds. The summed E-state index contributed by atoms with van der Waals surface area (Å²) < 4.78 is 6.48. The van der Waals surface area contributed by atoms with Crippen molar-refractivity contribution in [1.82, 2.24) is 20.1 Å². The van der Waals surface area contributed by atoms with Crippen molar-refractivity contribution < 1.29 is 19.1 Å². The lowest BCUT2D eigenvalue weighted by Crippen LogP contribution is -2.24. The molecule has 0 radical (unpaired) electrons. The van der Waals surface area contributed by atoms with Gasteiger partial charge in [-0.2, -0.15) is 0 Å². The zero-order valence-corrected chi connectivity index (χ0v) is 18.8. The Hall–Kier alpha value is -3.92. The van der Waals surface area contributed by atoms with E-state index in [1.807, 2.05) is 6.07 Å². The molecule has 0 aliphatic heterocycles. The van der Waals surface area contributed by atoms with E-state index in [0.717, 1.165) is 0 Å². The van der Waals surface area contributed by atoms with Gasteiger partial charge in [-0.05, 0) is 30.3 Å². The molecule has 33 heavy (non-hydrogen) atoms. The number of carbonyl (C=O) groups is 3. The van der Waals surface area contributed by atoms with E-state index in [9.17, 15) is 14.4 Å². The van der Waals surface area contributed by atoms with Gasteiger partial charge in [0.05, 0.1) is 25.0 Å². The number of aromatic nitrogens is 3. The fraction of sp³-hybridized carbons (Fsp3) is 0.174. The highest BCUT2D eigenvalue weighted by Crippen LogP contribution is 2.19. The highest BCUT2D eigenvalue weighted by Gasteiger charge is 2.15. The summed E-state index contributed by atoms with van der Waals surface area (Å²) in [6, 6.07) is 15.4. The first-order chi connectivity index (χ1) is 16.0. The second-order valence-corrected chi connectivity index (χ2v) is 7.70. The first kappa shape index (κ1) is 23.7. The van der Waals surface area contributed by atoms with Crippen molar-refractivity contribution in [2.24, 2.45) is 0 Å². The highest BCUT2D eigenvalue weighted by atomic mass is 32.2. The summed E-state index contributed by atoms with van der Waals surface area (Å²) in [4.78, 5) is 36.3. The molecule has 0 atom stereocenters. The van der Waals surface area contributed by atoms with Crippen LogP contribution in [0.4, 0.5) is 5.69 Å². The number of carbonyl (C=O) groups excluding carboxylic acids is 3. The second-order valence-electron chi connectivity index (χ2n) is 6.76. The van der Waals surface area contributed by atoms with Gasteiger partial charge in [-0.25, -0.2) is 4.79 Å². The zero-order chi connectivity index (χ0) is 23.6. The molecule has 2 aromatic carbocycles. The number of allylic oxidation sites excluding steroid dienone is 1. The third-order valence-electron chi connectivity index (χ3n) is 4.45. The average molecular weight is 466 g/mol. The van der Waals surface area contributed by atoms with E-state index in [-0.39, 0.29) is 24.1 Å². The number of rotatable bonds is 10. The molecule has 0 saturated carbocycles. The smallest absolute Gasteiger partial charge is 0.337 e. The van der Waals surface area contributed by atoms with Gasteiger partial charge in [-0.15, -0.1) is 16.8 Å². The van der Waals surface area contributed by atoms with Gasteiger partial charge in [0, 0.05) is 17.8 Å². The van der Waals surface area contributed by atoms with Gasteiger partial charge in [-0.3, -0.25) is 9.59 Å². The predicted molar refractivity (Wildman–Crippen MR) is 125 cm³/mol. The van der Waals surface area contributed by atoms with E-state index < -0.39 is 5.97 Å². The lowest BCUT2D eigenvalue weighted by atomic mass is 10.2. The minimum absolute atomic E-state index is 0.0775. The van der Waals surface area contributed by atoms with Crippen LogP contribution in [0.5, 0.6) is 0 Å². The van der Waals surface area contributed by atoms with E-state index in [1.54, 1.807) is 59.2 Å². The number of hydrogen-bond donors (Lipinski definition) is 2. The number of esters is 1. The van der Waals surface area contributed by atoms with Crippen LogP contribution >= 0.6 is 11.8 Å². The SMILES string of the molecule is C=CCn1c(CNC(=O)c2ccccc2)nnc1SCC(=O)Nc1cccc(C(=O)OC)c1. The highest BCUT2D eigenvalue weighted by molar-refractivity contribution is 7.99. The summed E-state index contributed by atoms with van der Waals surface area (Å²) in [5.74, 6) is -0.341. The van der Waals surface area contributed by atoms with Crippen molar-refractivity contribution in [3.8, 4) is 0 Å². The molecule has 1 heterocycles. The van der Waals surface area contributed by atoms with Crippen molar-refractivity contribution in [2.75, 3.05) is 18.2 Å². The summed E-state index contributed by atoms with van der Waals surface area (Å²) in [5.41, 5.74) is 1.38. The lowest BCUT2D eigenvalue weighted by molar-refractivity contribution is -0.113. The molecular formula is C23H23N5O4S. The Morgan fingerprint density at radius 3 is 2.58 bits per heavy atom. The Morgan fingerprint density at radius 1 is 1.09 bits per heavy atom. The van der Waals surface area contributed by atoms with E-state index >= 15 is 0 Å². The number of thioether (sulfide) groups is 1. The monoisotopic (exact) mass is 465 g/mol. The molecule has 0 saturated heterocycles. The molecule has 2 N–H and O–H groups in total. The molecule has 3 aromatic rings. The first-order valence-corrected chi connectivity index (χ1v) is 11.0. The summed E-state index contributed by atoms with van der Waals surface area (Å²) in [5, 5.41) is 14.4. The third-order valence-corrected chi connectivity index (χ3v) is 5.41. The number of anilines is 1. The predicted octanol–water partition coefficient (Wildman–Crippen LogP) is 2.91. The molecule has 0 aliphatic rings. The Bertz CT molecular complexity index is 1150. The van der Waals surface area contributed by atoms with Gasteiger partial charge >= 0.3 is 5.97 Å². The van der Waals surface area contributed by atoms with Crippen molar-refractivity contribution in [1.29, 1.82) is 0 Å². The van der Waals surface area contributed by atoms with Crippen LogP contribution in [0.2, 0.25) is 0 Å². The van der Waals surface area contributed by atoms with Crippen LogP contribution in [0.15, 0.2) is 72.4 Å². The van der Waals surface area contributed by atoms with E-state index in [2.05, 4.69) is 27.4 Å². The molecule has 10 heteroatoms. The van der Waals surface area contributed by atoms with E-state index in [4.69, 9.17) is 4.74 Å². The van der Waals surface area contributed by atoms with Crippen LogP contribution in [0.3, 0.4) is 0 Å². The van der Waals surface area contributed by atoms with Crippen LogP contribution in [-0.2, 0) is 22.6 Å². The number of benzene rings is 2. The maximum Gasteiger partial charge on any atom is 0.337 e. The lowest BCUT2D eigenvalue weighted by Gasteiger charge is -2.09. The Kier molecular flexibility index (Phi) is 8.36. The van der Waals surface area contributed by atoms with Gasteiger partial charge in [-0.1, -0.05) is 42.1 Å². The van der Waals surface area contributed by atoms with E-state index in [0.29, 0.717) is 34.3 Å². The summed E-state index contributed by atoms with van der Waals surface area (Å²) in [7, 11) is 1.30. The normalized spacial score (nSPS) is 10.3. The molecule has 0 unspecified atom stereocenters. The fourth-order valence-corrected chi connectivity index (χ4v) is 3.66. The third kappa shape index (κ3) is 6.53. The fourth-order valence-electron chi connectivity index (χ4n) is 2.89. The topological polar surface area (TPSA) is 115 Å². The second kappa shape index (κ2) is 11.6.